The Hall–Kier alpha value is -1.22. The lowest BCUT2D eigenvalue weighted by Crippen LogP contribution is -2.42. The minimum absolute atomic E-state index is 0.0380. The summed E-state index contributed by atoms with van der Waals surface area (Å²) in [4.78, 5) is 13.9. The van der Waals surface area contributed by atoms with E-state index in [-0.39, 0.29) is 12.2 Å². The molecule has 22 heavy (non-hydrogen) atoms. The predicted octanol–water partition coefficient (Wildman–Crippen LogP) is 4.85. The lowest BCUT2D eigenvalue weighted by molar-refractivity contribution is 0.0146. The van der Waals surface area contributed by atoms with Gasteiger partial charge in [-0.1, -0.05) is 50.6 Å². The summed E-state index contributed by atoms with van der Waals surface area (Å²) in [7, 11) is 0. The normalized spacial score (nSPS) is 19.8. The molecule has 1 aliphatic heterocycles. The summed E-state index contributed by atoms with van der Waals surface area (Å²) in [6.07, 6.45) is 4.15. The number of nitrogens with zero attached hydrogens (tertiary/aromatic N) is 1. The van der Waals surface area contributed by atoms with Crippen molar-refractivity contribution in [3.63, 3.8) is 0 Å². The molecule has 1 aromatic carbocycles. The summed E-state index contributed by atoms with van der Waals surface area (Å²) < 4.78 is 14.4. The highest BCUT2D eigenvalue weighted by Gasteiger charge is 2.32. The number of hydrogen-bond donors (Lipinski definition) is 0. The molecular weight excluding hydrogens is 277 g/mol. The van der Waals surface area contributed by atoms with Crippen molar-refractivity contribution < 1.29 is 9.18 Å². The Morgan fingerprint density at radius 2 is 1.91 bits per heavy atom. The Labute approximate surface area is 133 Å². The molecule has 1 aliphatic rings. The molecule has 0 saturated carbocycles. The summed E-state index contributed by atoms with van der Waals surface area (Å²) in [5.74, 6) is 0.0380. The number of benzene rings is 1. The summed E-state index contributed by atoms with van der Waals surface area (Å²) in [5.41, 5.74) is 1.06. The first-order valence-electron chi connectivity index (χ1n) is 8.50. The second-order valence-electron chi connectivity index (χ2n) is 6.86. The van der Waals surface area contributed by atoms with Crippen LogP contribution in [0.1, 0.15) is 62.7 Å². The summed E-state index contributed by atoms with van der Waals surface area (Å²) >= 11 is 0. The molecule has 2 rings (SSSR count). The summed E-state index contributed by atoms with van der Waals surface area (Å²) in [6, 6.07) is 9.17. The minimum Gasteiger partial charge on any atom is -0.294 e. The zero-order chi connectivity index (χ0) is 16.0. The van der Waals surface area contributed by atoms with Gasteiger partial charge in [-0.2, -0.15) is 0 Å². The van der Waals surface area contributed by atoms with E-state index in [2.05, 4.69) is 13.8 Å². The van der Waals surface area contributed by atoms with Crippen molar-refractivity contribution in [2.75, 3.05) is 13.1 Å². The van der Waals surface area contributed by atoms with Crippen LogP contribution in [0.15, 0.2) is 30.3 Å². The topological polar surface area (TPSA) is 20.3 Å². The van der Waals surface area contributed by atoms with Crippen LogP contribution < -0.4 is 0 Å². The number of ketones is 1. The first kappa shape index (κ1) is 17.1. The third kappa shape index (κ3) is 4.64. The number of piperidine rings is 1. The Morgan fingerprint density at radius 1 is 1.27 bits per heavy atom. The monoisotopic (exact) mass is 305 g/mol. The largest absolute Gasteiger partial charge is 0.294 e. The van der Waals surface area contributed by atoms with E-state index in [1.54, 1.807) is 12.1 Å². The highest BCUT2D eigenvalue weighted by molar-refractivity contribution is 5.95. The predicted molar refractivity (Wildman–Crippen MR) is 88.7 cm³/mol. The zero-order valence-corrected chi connectivity index (χ0v) is 13.9. The third-order valence-electron chi connectivity index (χ3n) is 4.96. The fourth-order valence-electron chi connectivity index (χ4n) is 3.40. The van der Waals surface area contributed by atoms with Crippen LogP contribution in [0.3, 0.4) is 0 Å². The number of halogens is 1. The molecule has 2 nitrogen and oxygen atoms in total. The molecule has 1 aromatic rings. The maximum atomic E-state index is 14.4. The van der Waals surface area contributed by atoms with Gasteiger partial charge < -0.3 is 0 Å². The lowest BCUT2D eigenvalue weighted by atomic mass is 9.77. The Morgan fingerprint density at radius 3 is 2.50 bits per heavy atom. The van der Waals surface area contributed by atoms with Crippen LogP contribution >= 0.6 is 0 Å². The molecule has 1 heterocycles. The van der Waals surface area contributed by atoms with Crippen molar-refractivity contribution >= 4 is 5.78 Å². The van der Waals surface area contributed by atoms with Crippen LogP contribution in [0.5, 0.6) is 0 Å². The Bertz CT molecular complexity index is 466. The molecule has 3 heteroatoms. The number of carbonyl (C=O) groups excluding carboxylic acids is 1. The third-order valence-corrected chi connectivity index (χ3v) is 4.96. The first-order chi connectivity index (χ1) is 10.5. The number of alkyl halides is 1. The molecule has 0 amide bonds. The van der Waals surface area contributed by atoms with E-state index in [9.17, 15) is 9.18 Å². The fraction of sp³-hybridized carbons (Fsp3) is 0.632. The van der Waals surface area contributed by atoms with Crippen molar-refractivity contribution in [1.82, 2.24) is 4.90 Å². The van der Waals surface area contributed by atoms with Crippen molar-refractivity contribution in [1.29, 1.82) is 0 Å². The summed E-state index contributed by atoms with van der Waals surface area (Å²) in [5, 5.41) is 0. The van der Waals surface area contributed by atoms with Gasteiger partial charge in [0.15, 0.2) is 12.1 Å². The minimum atomic E-state index is -0.987. The van der Waals surface area contributed by atoms with E-state index in [1.165, 1.54) is 12.8 Å². The molecule has 0 spiro atoms. The van der Waals surface area contributed by atoms with Gasteiger partial charge in [-0.25, -0.2) is 4.39 Å². The standard InChI is InChI=1S/C19H28FNO/c1-3-11-19(2)12-14-21(15-13-19)18(20)10-9-17(22)16-7-5-4-6-8-16/h4-8,18H,3,9-15H2,1-2H3. The van der Waals surface area contributed by atoms with Gasteiger partial charge in [-0.05, 0) is 31.1 Å². The number of carbonyl (C=O) groups is 1. The van der Waals surface area contributed by atoms with Crippen LogP contribution in [0.2, 0.25) is 0 Å². The van der Waals surface area contributed by atoms with Gasteiger partial charge in [-0.3, -0.25) is 9.69 Å². The molecule has 1 atom stereocenters. The van der Waals surface area contributed by atoms with Gasteiger partial charge in [0.1, 0.15) is 0 Å². The van der Waals surface area contributed by atoms with Crippen molar-refractivity contribution in [2.45, 2.75) is 58.7 Å². The van der Waals surface area contributed by atoms with Crippen molar-refractivity contribution in [2.24, 2.45) is 5.41 Å². The van der Waals surface area contributed by atoms with E-state index in [4.69, 9.17) is 0 Å². The van der Waals surface area contributed by atoms with Crippen molar-refractivity contribution in [3.05, 3.63) is 35.9 Å². The Kier molecular flexibility index (Phi) is 6.13. The first-order valence-corrected chi connectivity index (χ1v) is 8.50. The van der Waals surface area contributed by atoms with Gasteiger partial charge in [0, 0.05) is 25.1 Å². The molecule has 122 valence electrons. The highest BCUT2D eigenvalue weighted by Crippen LogP contribution is 2.36. The van der Waals surface area contributed by atoms with Crippen LogP contribution in [0.25, 0.3) is 0 Å². The van der Waals surface area contributed by atoms with Gasteiger partial charge in [-0.15, -0.1) is 0 Å². The van der Waals surface area contributed by atoms with E-state index in [0.29, 0.717) is 17.4 Å². The molecule has 0 aromatic heterocycles. The average molecular weight is 305 g/mol. The number of rotatable bonds is 7. The quantitative estimate of drug-likeness (QED) is 0.530. The molecule has 1 saturated heterocycles. The highest BCUT2D eigenvalue weighted by atomic mass is 19.1. The van der Waals surface area contributed by atoms with E-state index in [1.807, 2.05) is 23.1 Å². The molecule has 0 bridgehead atoms. The van der Waals surface area contributed by atoms with Crippen molar-refractivity contribution in [3.8, 4) is 0 Å². The van der Waals surface area contributed by atoms with Crippen LogP contribution in [0.4, 0.5) is 4.39 Å². The molecular formula is C19H28FNO. The molecule has 0 N–H and O–H groups in total. The van der Waals surface area contributed by atoms with E-state index < -0.39 is 6.30 Å². The SMILES string of the molecule is CCCC1(C)CCN(C(F)CCC(=O)c2ccccc2)CC1. The average Bonchev–Trinajstić information content (AvgIpc) is 2.54. The van der Waals surface area contributed by atoms with Crippen LogP contribution in [0, 0.1) is 5.41 Å². The smallest absolute Gasteiger partial charge is 0.163 e. The number of hydrogen-bond acceptors (Lipinski definition) is 2. The molecule has 1 fully saturated rings. The van der Waals surface area contributed by atoms with Gasteiger partial charge in [0.05, 0.1) is 0 Å². The van der Waals surface area contributed by atoms with Gasteiger partial charge in [0.2, 0.25) is 0 Å². The van der Waals surface area contributed by atoms with Gasteiger partial charge >= 0.3 is 0 Å². The zero-order valence-electron chi connectivity index (χ0n) is 13.9. The van der Waals surface area contributed by atoms with Crippen LogP contribution in [-0.4, -0.2) is 30.1 Å². The van der Waals surface area contributed by atoms with E-state index >= 15 is 0 Å². The second-order valence-corrected chi connectivity index (χ2v) is 6.86. The number of Topliss-reactive ketones (excluding diaryl/α,β-unsaturated/α-hetero) is 1. The second kappa shape index (κ2) is 7.87. The lowest BCUT2D eigenvalue weighted by Gasteiger charge is -2.40. The summed E-state index contributed by atoms with van der Waals surface area (Å²) in [6.45, 7) is 6.17. The number of likely N-dealkylation sites (tertiary alicyclic amines) is 1. The Balaban J connectivity index is 1.77. The molecule has 1 unspecified atom stereocenters. The van der Waals surface area contributed by atoms with Gasteiger partial charge in [0.25, 0.3) is 0 Å². The maximum Gasteiger partial charge on any atom is 0.163 e. The molecule has 0 aliphatic carbocycles. The van der Waals surface area contributed by atoms with E-state index in [0.717, 1.165) is 25.9 Å². The molecule has 0 radical (unpaired) electrons. The fourth-order valence-corrected chi connectivity index (χ4v) is 3.40. The maximum absolute atomic E-state index is 14.4. The van der Waals surface area contributed by atoms with Crippen LogP contribution in [-0.2, 0) is 0 Å².